The van der Waals surface area contributed by atoms with Crippen molar-refractivity contribution >= 4 is 41.4 Å². The molecule has 0 saturated carbocycles. The van der Waals surface area contributed by atoms with Gasteiger partial charge in [-0.1, -0.05) is 13.8 Å². The Labute approximate surface area is 128 Å². The number of sulfonamides is 1. The van der Waals surface area contributed by atoms with Crippen LogP contribution in [-0.4, -0.2) is 34.6 Å². The number of hydrogen-bond acceptors (Lipinski definition) is 6. The van der Waals surface area contributed by atoms with Crippen LogP contribution < -0.4 is 4.72 Å². The van der Waals surface area contributed by atoms with Crippen LogP contribution in [-0.2, 0) is 19.9 Å². The van der Waals surface area contributed by atoms with Crippen LogP contribution in [0.4, 0.5) is 0 Å². The van der Waals surface area contributed by atoms with Gasteiger partial charge in [-0.05, 0) is 24.1 Å². The van der Waals surface area contributed by atoms with Gasteiger partial charge in [-0.3, -0.25) is 0 Å². The summed E-state index contributed by atoms with van der Waals surface area (Å²) in [6.45, 7) is 4.16. The zero-order valence-electron chi connectivity index (χ0n) is 11.8. The lowest BCUT2D eigenvalue weighted by Crippen LogP contribution is -2.27. The lowest BCUT2D eigenvalue weighted by Gasteiger charge is -2.08. The minimum atomic E-state index is -3.59. The third kappa shape index (κ3) is 3.79. The maximum absolute atomic E-state index is 12.1. The van der Waals surface area contributed by atoms with Crippen LogP contribution in [0, 0.1) is 5.92 Å². The van der Waals surface area contributed by atoms with E-state index < -0.39 is 19.9 Å². The molecule has 21 heavy (non-hydrogen) atoms. The molecule has 0 aliphatic rings. The van der Waals surface area contributed by atoms with E-state index in [2.05, 4.69) is 9.71 Å². The third-order valence-corrected chi connectivity index (χ3v) is 6.77. The summed E-state index contributed by atoms with van der Waals surface area (Å²) in [5, 5.41) is 0. The highest BCUT2D eigenvalue weighted by atomic mass is 32.2. The van der Waals surface area contributed by atoms with Crippen LogP contribution in [0.5, 0.6) is 0 Å². The Balaban J connectivity index is 2.43. The molecule has 9 heteroatoms. The molecule has 0 unspecified atom stereocenters. The zero-order valence-corrected chi connectivity index (χ0v) is 14.3. The van der Waals surface area contributed by atoms with Gasteiger partial charge in [-0.25, -0.2) is 26.5 Å². The second-order valence-electron chi connectivity index (χ2n) is 5.13. The Hall–Kier alpha value is -1.03. The second-order valence-corrected chi connectivity index (χ2v) is 10.1. The van der Waals surface area contributed by atoms with Crippen molar-refractivity contribution in [1.29, 1.82) is 0 Å². The van der Waals surface area contributed by atoms with Gasteiger partial charge in [-0.15, -0.1) is 11.3 Å². The van der Waals surface area contributed by atoms with Gasteiger partial charge in [0.25, 0.3) is 0 Å². The minimum Gasteiger partial charge on any atom is -0.225 e. The Morgan fingerprint density at radius 1 is 1.24 bits per heavy atom. The van der Waals surface area contributed by atoms with Gasteiger partial charge in [0.2, 0.25) is 24.2 Å². The Morgan fingerprint density at radius 3 is 2.48 bits per heavy atom. The molecule has 0 atom stereocenters. The number of nitrogens with one attached hydrogen (secondary N) is 1. The summed E-state index contributed by atoms with van der Waals surface area (Å²) in [6, 6.07) is 4.39. The molecule has 2 aromatic rings. The first-order chi connectivity index (χ1) is 9.59. The van der Waals surface area contributed by atoms with Crippen molar-refractivity contribution in [1.82, 2.24) is 9.71 Å². The standard InChI is InChI=1S/C12H16N2O4S3/c1-8(2)7-13-21(17,18)9-4-5-10-11(6-9)19-12(14-10)20(3,15)16/h4-6,8,13H,7H2,1-3H3. The molecule has 1 aromatic heterocycles. The number of thiazole rings is 1. The van der Waals surface area contributed by atoms with Crippen LogP contribution in [0.1, 0.15) is 13.8 Å². The molecule has 0 saturated heterocycles. The number of rotatable bonds is 5. The van der Waals surface area contributed by atoms with Crippen molar-refractivity contribution in [2.24, 2.45) is 5.92 Å². The normalized spacial score (nSPS) is 13.1. The highest BCUT2D eigenvalue weighted by Crippen LogP contribution is 2.27. The maximum Gasteiger partial charge on any atom is 0.240 e. The van der Waals surface area contributed by atoms with Crippen LogP contribution in [0.2, 0.25) is 0 Å². The van der Waals surface area contributed by atoms with Crippen LogP contribution in [0.15, 0.2) is 27.4 Å². The molecule has 0 fully saturated rings. The van der Waals surface area contributed by atoms with E-state index >= 15 is 0 Å². The number of fused-ring (bicyclic) bond motifs is 1. The summed E-state index contributed by atoms with van der Waals surface area (Å²) in [5.41, 5.74) is 0.475. The van der Waals surface area contributed by atoms with Gasteiger partial charge in [0, 0.05) is 12.8 Å². The largest absolute Gasteiger partial charge is 0.240 e. The average molecular weight is 348 g/mol. The summed E-state index contributed by atoms with van der Waals surface area (Å²) in [6.07, 6.45) is 1.08. The van der Waals surface area contributed by atoms with Crippen LogP contribution in [0.25, 0.3) is 10.2 Å². The zero-order chi connectivity index (χ0) is 15.8. The fourth-order valence-corrected chi connectivity index (χ4v) is 4.76. The predicted octanol–water partition coefficient (Wildman–Crippen LogP) is 1.63. The number of hydrogen-bond donors (Lipinski definition) is 1. The SMILES string of the molecule is CC(C)CNS(=O)(=O)c1ccc2nc(S(C)(=O)=O)sc2c1. The molecule has 0 radical (unpaired) electrons. The fraction of sp³-hybridized carbons (Fsp3) is 0.417. The summed E-state index contributed by atoms with van der Waals surface area (Å²) in [4.78, 5) is 4.11. The summed E-state index contributed by atoms with van der Waals surface area (Å²) in [5.74, 6) is 0.198. The molecule has 1 aromatic carbocycles. The topological polar surface area (TPSA) is 93.2 Å². The van der Waals surface area contributed by atoms with E-state index in [0.717, 1.165) is 17.6 Å². The van der Waals surface area contributed by atoms with Crippen molar-refractivity contribution in [2.45, 2.75) is 23.1 Å². The van der Waals surface area contributed by atoms with Gasteiger partial charge in [0.15, 0.2) is 0 Å². The quantitative estimate of drug-likeness (QED) is 0.886. The summed E-state index contributed by atoms with van der Waals surface area (Å²) in [7, 11) is -6.99. The molecule has 1 N–H and O–H groups in total. The molecule has 116 valence electrons. The van der Waals surface area contributed by atoms with E-state index in [1.54, 1.807) is 0 Å². The van der Waals surface area contributed by atoms with Gasteiger partial charge in [0.1, 0.15) is 0 Å². The number of sulfone groups is 1. The van der Waals surface area contributed by atoms with Gasteiger partial charge >= 0.3 is 0 Å². The van der Waals surface area contributed by atoms with E-state index in [1.165, 1.54) is 18.2 Å². The molecule has 0 aliphatic heterocycles. The van der Waals surface area contributed by atoms with Gasteiger partial charge < -0.3 is 0 Å². The molecule has 0 amide bonds. The Morgan fingerprint density at radius 2 is 1.90 bits per heavy atom. The van der Waals surface area contributed by atoms with Gasteiger partial charge in [-0.2, -0.15) is 0 Å². The summed E-state index contributed by atoms with van der Waals surface area (Å²) < 4.78 is 50.3. The van der Waals surface area contributed by atoms with E-state index in [0.29, 0.717) is 16.8 Å². The molecule has 2 rings (SSSR count). The monoisotopic (exact) mass is 348 g/mol. The predicted molar refractivity (Wildman–Crippen MR) is 82.8 cm³/mol. The second kappa shape index (κ2) is 5.64. The Kier molecular flexibility index (Phi) is 4.39. The van der Waals surface area contributed by atoms with E-state index in [-0.39, 0.29) is 15.2 Å². The first kappa shape index (κ1) is 16.3. The average Bonchev–Trinajstić information content (AvgIpc) is 2.79. The van der Waals surface area contributed by atoms with Gasteiger partial charge in [0.05, 0.1) is 15.1 Å². The third-order valence-electron chi connectivity index (χ3n) is 2.65. The lowest BCUT2D eigenvalue weighted by atomic mass is 10.2. The van der Waals surface area contributed by atoms with E-state index in [9.17, 15) is 16.8 Å². The van der Waals surface area contributed by atoms with Crippen molar-refractivity contribution in [3.63, 3.8) is 0 Å². The molecular formula is C12H16N2O4S3. The molecule has 0 aliphatic carbocycles. The minimum absolute atomic E-state index is 0.0119. The fourth-order valence-electron chi connectivity index (χ4n) is 1.57. The maximum atomic E-state index is 12.1. The highest BCUT2D eigenvalue weighted by molar-refractivity contribution is 7.92. The van der Waals surface area contributed by atoms with Crippen molar-refractivity contribution in [3.8, 4) is 0 Å². The smallest absolute Gasteiger partial charge is 0.225 e. The van der Waals surface area contributed by atoms with E-state index in [1.807, 2.05) is 13.8 Å². The molecule has 6 nitrogen and oxygen atoms in total. The van der Waals surface area contributed by atoms with Crippen molar-refractivity contribution in [2.75, 3.05) is 12.8 Å². The number of nitrogens with zero attached hydrogens (tertiary/aromatic N) is 1. The van der Waals surface area contributed by atoms with Crippen molar-refractivity contribution in [3.05, 3.63) is 18.2 Å². The molecule has 1 heterocycles. The summed E-state index contributed by atoms with van der Waals surface area (Å²) >= 11 is 0.968. The molecule has 0 bridgehead atoms. The first-order valence-electron chi connectivity index (χ1n) is 6.20. The highest BCUT2D eigenvalue weighted by Gasteiger charge is 2.18. The van der Waals surface area contributed by atoms with E-state index in [4.69, 9.17) is 0 Å². The number of benzene rings is 1. The van der Waals surface area contributed by atoms with Crippen LogP contribution in [0.3, 0.4) is 0 Å². The molecule has 0 spiro atoms. The number of aromatic nitrogens is 1. The first-order valence-corrected chi connectivity index (χ1v) is 10.4. The molecular weight excluding hydrogens is 332 g/mol. The lowest BCUT2D eigenvalue weighted by molar-refractivity contribution is 0.560. The Bertz CT molecular complexity index is 867. The van der Waals surface area contributed by atoms with Crippen LogP contribution >= 0.6 is 11.3 Å². The van der Waals surface area contributed by atoms with Crippen molar-refractivity contribution < 1.29 is 16.8 Å².